The maximum Gasteiger partial charge on any atom is 0.260 e. The number of aromatic nitrogens is 1. The van der Waals surface area contributed by atoms with Crippen molar-refractivity contribution in [1.29, 1.82) is 0 Å². The van der Waals surface area contributed by atoms with E-state index in [2.05, 4.69) is 26.0 Å². The van der Waals surface area contributed by atoms with Crippen molar-refractivity contribution in [3.05, 3.63) is 53.1 Å². The lowest BCUT2D eigenvalue weighted by atomic mass is 10.1. The Morgan fingerprint density at radius 3 is 2.50 bits per heavy atom. The van der Waals surface area contributed by atoms with Crippen LogP contribution in [0.1, 0.15) is 47.2 Å². The van der Waals surface area contributed by atoms with Crippen LogP contribution in [0.4, 0.5) is 5.13 Å². The maximum atomic E-state index is 13.6. The Labute approximate surface area is 204 Å². The first-order valence-electron chi connectivity index (χ1n) is 11.7. The summed E-state index contributed by atoms with van der Waals surface area (Å²) in [5, 5.41) is 0.634. The van der Waals surface area contributed by atoms with Gasteiger partial charge in [0.15, 0.2) is 5.13 Å². The summed E-state index contributed by atoms with van der Waals surface area (Å²) in [5.41, 5.74) is 3.66. The van der Waals surface area contributed by atoms with E-state index in [0.717, 1.165) is 41.5 Å². The van der Waals surface area contributed by atoms with Gasteiger partial charge in [0, 0.05) is 25.3 Å². The van der Waals surface area contributed by atoms with Crippen LogP contribution in [0.5, 0.6) is 0 Å². The monoisotopic (exact) mass is 499 g/mol. The van der Waals surface area contributed by atoms with Crippen LogP contribution in [-0.4, -0.2) is 56.0 Å². The summed E-state index contributed by atoms with van der Waals surface area (Å²) in [4.78, 5) is 20.3. The Bertz CT molecular complexity index is 1270. The van der Waals surface area contributed by atoms with Crippen LogP contribution in [-0.2, 0) is 14.8 Å². The first-order chi connectivity index (χ1) is 16.3. The highest BCUT2D eigenvalue weighted by atomic mass is 32.2. The quantitative estimate of drug-likeness (QED) is 0.498. The van der Waals surface area contributed by atoms with E-state index >= 15 is 0 Å². The van der Waals surface area contributed by atoms with E-state index in [4.69, 9.17) is 9.72 Å². The lowest BCUT2D eigenvalue weighted by molar-refractivity contribution is 0.0917. The number of nitrogens with zero attached hydrogens (tertiary/aromatic N) is 3. The van der Waals surface area contributed by atoms with Crippen molar-refractivity contribution in [2.24, 2.45) is 0 Å². The third kappa shape index (κ3) is 4.49. The van der Waals surface area contributed by atoms with Crippen molar-refractivity contribution < 1.29 is 17.9 Å². The van der Waals surface area contributed by atoms with Gasteiger partial charge in [-0.3, -0.25) is 9.69 Å². The number of hydrogen-bond acceptors (Lipinski definition) is 6. The van der Waals surface area contributed by atoms with Crippen LogP contribution in [0.2, 0.25) is 0 Å². The zero-order chi connectivity index (χ0) is 23.9. The second kappa shape index (κ2) is 9.37. The largest absolute Gasteiger partial charge is 0.376 e. The van der Waals surface area contributed by atoms with Crippen LogP contribution in [0, 0.1) is 13.8 Å². The molecule has 2 aromatic carbocycles. The summed E-state index contributed by atoms with van der Waals surface area (Å²) in [6.45, 7) is 6.35. The first kappa shape index (κ1) is 23.4. The Balaban J connectivity index is 1.46. The van der Waals surface area contributed by atoms with Crippen molar-refractivity contribution in [1.82, 2.24) is 9.29 Å². The van der Waals surface area contributed by atoms with Gasteiger partial charge in [0.05, 0.1) is 27.8 Å². The van der Waals surface area contributed by atoms with Gasteiger partial charge in [-0.15, -0.1) is 0 Å². The topological polar surface area (TPSA) is 79.8 Å². The van der Waals surface area contributed by atoms with Gasteiger partial charge in [-0.2, -0.15) is 4.31 Å². The molecule has 3 heterocycles. The third-order valence-electron chi connectivity index (χ3n) is 6.68. The lowest BCUT2D eigenvalue weighted by Gasteiger charge is -2.23. The molecule has 2 aliphatic heterocycles. The predicted molar refractivity (Wildman–Crippen MR) is 134 cm³/mol. The number of carbonyl (C=O) groups is 1. The van der Waals surface area contributed by atoms with Crippen LogP contribution < -0.4 is 4.90 Å². The molecule has 3 aromatic rings. The smallest absolute Gasteiger partial charge is 0.260 e. The molecule has 1 atom stereocenters. The number of fused-ring (bicyclic) bond motifs is 1. The van der Waals surface area contributed by atoms with E-state index in [1.54, 1.807) is 17.0 Å². The summed E-state index contributed by atoms with van der Waals surface area (Å²) in [6, 6.07) is 10.5. The standard InChI is InChI=1S/C25H29N3O4S2/c1-17-14-22-23(15-18(17)2)33-25(26-22)28(16-20-6-5-13-32-20)24(29)19-7-9-21(10-8-19)34(30,31)27-11-3-4-12-27/h7-10,14-15,20H,3-6,11-13,16H2,1-2H3. The van der Waals surface area contributed by atoms with E-state index in [1.807, 2.05) is 0 Å². The molecule has 34 heavy (non-hydrogen) atoms. The number of benzene rings is 2. The fraction of sp³-hybridized carbons (Fsp3) is 0.440. The maximum absolute atomic E-state index is 13.6. The molecule has 0 saturated carbocycles. The molecule has 0 radical (unpaired) electrons. The number of ether oxygens (including phenoxy) is 1. The molecule has 2 fully saturated rings. The highest BCUT2D eigenvalue weighted by Crippen LogP contribution is 2.33. The Morgan fingerprint density at radius 2 is 1.82 bits per heavy atom. The molecule has 0 bridgehead atoms. The van der Waals surface area contributed by atoms with Crippen molar-refractivity contribution >= 4 is 42.6 Å². The van der Waals surface area contributed by atoms with Crippen molar-refractivity contribution in [3.63, 3.8) is 0 Å². The number of rotatable bonds is 6. The van der Waals surface area contributed by atoms with Crippen molar-refractivity contribution in [3.8, 4) is 0 Å². The number of sulfonamides is 1. The normalized spacial score (nSPS) is 19.2. The average molecular weight is 500 g/mol. The highest BCUT2D eigenvalue weighted by molar-refractivity contribution is 7.89. The molecular formula is C25H29N3O4S2. The summed E-state index contributed by atoms with van der Waals surface area (Å²) < 4.78 is 34.1. The molecule has 1 amide bonds. The SMILES string of the molecule is Cc1cc2nc(N(CC3CCCO3)C(=O)c3ccc(S(=O)(=O)N4CCCC4)cc3)sc2cc1C. The van der Waals surface area contributed by atoms with Gasteiger partial charge in [0.25, 0.3) is 5.91 Å². The average Bonchev–Trinajstić information content (AvgIpc) is 3.59. The molecule has 0 aliphatic carbocycles. The molecule has 2 saturated heterocycles. The summed E-state index contributed by atoms with van der Waals surface area (Å²) in [5.74, 6) is -0.201. The number of amides is 1. The van der Waals surface area contributed by atoms with E-state index in [0.29, 0.717) is 36.9 Å². The van der Waals surface area contributed by atoms with E-state index in [1.165, 1.54) is 33.3 Å². The summed E-state index contributed by atoms with van der Waals surface area (Å²) >= 11 is 1.49. The van der Waals surface area contributed by atoms with Gasteiger partial charge in [0.1, 0.15) is 0 Å². The number of carbonyl (C=O) groups excluding carboxylic acids is 1. The second-order valence-electron chi connectivity index (χ2n) is 9.09. The molecule has 180 valence electrons. The van der Waals surface area contributed by atoms with E-state index < -0.39 is 10.0 Å². The Kier molecular flexibility index (Phi) is 6.45. The predicted octanol–water partition coefficient (Wildman–Crippen LogP) is 4.52. The highest BCUT2D eigenvalue weighted by Gasteiger charge is 2.29. The van der Waals surface area contributed by atoms with Gasteiger partial charge < -0.3 is 4.74 Å². The molecule has 2 aliphatic rings. The second-order valence-corrected chi connectivity index (χ2v) is 12.0. The van der Waals surface area contributed by atoms with Crippen LogP contribution >= 0.6 is 11.3 Å². The number of aryl methyl sites for hydroxylation is 2. The Hall–Kier alpha value is -2.33. The zero-order valence-electron chi connectivity index (χ0n) is 19.5. The fourth-order valence-electron chi connectivity index (χ4n) is 4.53. The molecule has 0 spiro atoms. The summed E-state index contributed by atoms with van der Waals surface area (Å²) in [6.07, 6.45) is 3.62. The lowest BCUT2D eigenvalue weighted by Crippen LogP contribution is -2.37. The van der Waals surface area contributed by atoms with Crippen molar-refractivity contribution in [2.75, 3.05) is 31.1 Å². The van der Waals surface area contributed by atoms with E-state index in [-0.39, 0.29) is 16.9 Å². The van der Waals surface area contributed by atoms with Crippen LogP contribution in [0.15, 0.2) is 41.3 Å². The molecular weight excluding hydrogens is 470 g/mol. The van der Waals surface area contributed by atoms with Gasteiger partial charge in [-0.1, -0.05) is 11.3 Å². The molecule has 1 aromatic heterocycles. The zero-order valence-corrected chi connectivity index (χ0v) is 21.1. The van der Waals surface area contributed by atoms with Crippen molar-refractivity contribution in [2.45, 2.75) is 50.5 Å². The minimum Gasteiger partial charge on any atom is -0.376 e. The third-order valence-corrected chi connectivity index (χ3v) is 9.64. The minimum absolute atomic E-state index is 0.0331. The molecule has 7 nitrogen and oxygen atoms in total. The van der Waals surface area contributed by atoms with Gasteiger partial charge in [-0.05, 0) is 87.1 Å². The number of hydrogen-bond donors (Lipinski definition) is 0. The van der Waals surface area contributed by atoms with E-state index in [9.17, 15) is 13.2 Å². The van der Waals surface area contributed by atoms with Crippen LogP contribution in [0.25, 0.3) is 10.2 Å². The number of thiazole rings is 1. The molecule has 0 N–H and O–H groups in total. The fourth-order valence-corrected chi connectivity index (χ4v) is 7.10. The minimum atomic E-state index is -3.52. The van der Waals surface area contributed by atoms with Gasteiger partial charge in [-0.25, -0.2) is 13.4 Å². The molecule has 5 rings (SSSR count). The Morgan fingerprint density at radius 1 is 1.12 bits per heavy atom. The summed E-state index contributed by atoms with van der Waals surface area (Å²) in [7, 11) is -3.52. The van der Waals surface area contributed by atoms with Crippen LogP contribution in [0.3, 0.4) is 0 Å². The first-order valence-corrected chi connectivity index (χ1v) is 14.0. The molecule has 1 unspecified atom stereocenters. The molecule has 9 heteroatoms. The number of anilines is 1. The van der Waals surface area contributed by atoms with Gasteiger partial charge in [0.2, 0.25) is 10.0 Å². The van der Waals surface area contributed by atoms with Gasteiger partial charge >= 0.3 is 0 Å².